The Morgan fingerprint density at radius 3 is 2.92 bits per heavy atom. The number of nitrogens with zero attached hydrogens (tertiary/aromatic N) is 3. The summed E-state index contributed by atoms with van der Waals surface area (Å²) in [5.41, 5.74) is 5.05. The van der Waals surface area contributed by atoms with Gasteiger partial charge in [-0.05, 0) is 44.8 Å². The van der Waals surface area contributed by atoms with E-state index >= 15 is 0 Å². The summed E-state index contributed by atoms with van der Waals surface area (Å²) in [6.45, 7) is 1.72. The number of fused-ring (bicyclic) bond motifs is 1. The largest absolute Gasteiger partial charge is 0.357 e. The van der Waals surface area contributed by atoms with Crippen molar-refractivity contribution in [3.63, 3.8) is 0 Å². The zero-order chi connectivity index (χ0) is 17.1. The van der Waals surface area contributed by atoms with Crippen LogP contribution in [0.2, 0.25) is 0 Å². The topological polar surface area (TPSA) is 52.2 Å². The van der Waals surface area contributed by atoms with E-state index in [-0.39, 0.29) is 5.91 Å². The predicted octanol–water partition coefficient (Wildman–Crippen LogP) is 2.67. The molecular weight excluding hydrogens is 300 g/mol. The van der Waals surface area contributed by atoms with Crippen LogP contribution in [-0.2, 0) is 6.42 Å². The number of aromatic amines is 1. The van der Waals surface area contributed by atoms with Gasteiger partial charge in [-0.2, -0.15) is 0 Å². The van der Waals surface area contributed by atoms with Crippen LogP contribution in [0.1, 0.15) is 28.2 Å². The molecule has 5 nitrogen and oxygen atoms in total. The Hall–Kier alpha value is -2.40. The van der Waals surface area contributed by atoms with Crippen molar-refractivity contribution >= 4 is 12.0 Å². The second-order valence-electron chi connectivity index (χ2n) is 6.51. The summed E-state index contributed by atoms with van der Waals surface area (Å²) in [4.78, 5) is 24.0. The first kappa shape index (κ1) is 16.5. The standard InChI is InChI=1S/C19H24N4O/c1-22(2)10-5-11-23(3)19(24)18-12-14(13-21-18)15-8-9-20-17-7-4-6-16(15)17/h4,6,8-9,12-13,21H,5,7,10-11H2,1-3H3. The monoisotopic (exact) mass is 324 g/mol. The molecule has 0 radical (unpaired) electrons. The van der Waals surface area contributed by atoms with E-state index in [1.54, 1.807) is 4.90 Å². The van der Waals surface area contributed by atoms with Gasteiger partial charge in [-0.15, -0.1) is 0 Å². The van der Waals surface area contributed by atoms with E-state index < -0.39 is 0 Å². The van der Waals surface area contributed by atoms with Crippen LogP contribution in [0.3, 0.4) is 0 Å². The maximum Gasteiger partial charge on any atom is 0.270 e. The Labute approximate surface area is 143 Å². The number of pyridine rings is 1. The van der Waals surface area contributed by atoms with Gasteiger partial charge < -0.3 is 14.8 Å². The van der Waals surface area contributed by atoms with Crippen LogP contribution in [0.5, 0.6) is 0 Å². The number of hydrogen-bond donors (Lipinski definition) is 1. The molecule has 1 amide bonds. The molecule has 0 aromatic carbocycles. The van der Waals surface area contributed by atoms with Crippen molar-refractivity contribution in [2.75, 3.05) is 34.2 Å². The van der Waals surface area contributed by atoms with E-state index in [2.05, 4.69) is 27.0 Å². The highest BCUT2D eigenvalue weighted by atomic mass is 16.2. The van der Waals surface area contributed by atoms with Crippen LogP contribution in [-0.4, -0.2) is 59.9 Å². The fraction of sp³-hybridized carbons (Fsp3) is 0.368. The van der Waals surface area contributed by atoms with Gasteiger partial charge in [-0.1, -0.05) is 12.2 Å². The molecule has 5 heteroatoms. The molecule has 2 aromatic heterocycles. The first-order valence-electron chi connectivity index (χ1n) is 8.29. The van der Waals surface area contributed by atoms with Crippen molar-refractivity contribution in [3.8, 4) is 11.1 Å². The van der Waals surface area contributed by atoms with Crippen LogP contribution in [0.25, 0.3) is 17.2 Å². The first-order valence-corrected chi connectivity index (χ1v) is 8.29. The van der Waals surface area contributed by atoms with Crippen molar-refractivity contribution in [3.05, 3.63) is 47.6 Å². The second-order valence-corrected chi connectivity index (χ2v) is 6.51. The van der Waals surface area contributed by atoms with Gasteiger partial charge in [0.1, 0.15) is 5.69 Å². The van der Waals surface area contributed by atoms with Gasteiger partial charge in [0.25, 0.3) is 5.91 Å². The molecule has 0 saturated heterocycles. The molecule has 1 N–H and O–H groups in total. The van der Waals surface area contributed by atoms with Gasteiger partial charge >= 0.3 is 0 Å². The molecule has 1 aliphatic rings. The molecular formula is C19H24N4O. The number of carbonyl (C=O) groups is 1. The molecule has 0 saturated carbocycles. The fourth-order valence-corrected chi connectivity index (χ4v) is 3.01. The lowest BCUT2D eigenvalue weighted by Crippen LogP contribution is -2.29. The summed E-state index contributed by atoms with van der Waals surface area (Å²) >= 11 is 0. The maximum absolute atomic E-state index is 12.6. The van der Waals surface area contributed by atoms with E-state index in [0.29, 0.717) is 5.69 Å². The molecule has 0 aliphatic heterocycles. The third-order valence-corrected chi connectivity index (χ3v) is 4.34. The van der Waals surface area contributed by atoms with Crippen molar-refractivity contribution in [1.29, 1.82) is 0 Å². The van der Waals surface area contributed by atoms with Crippen LogP contribution < -0.4 is 0 Å². The number of rotatable bonds is 6. The van der Waals surface area contributed by atoms with Gasteiger partial charge in [0, 0.05) is 43.5 Å². The number of H-pyrrole nitrogens is 1. The lowest BCUT2D eigenvalue weighted by Gasteiger charge is -2.17. The number of allylic oxidation sites excluding steroid dienone is 1. The molecule has 126 valence electrons. The summed E-state index contributed by atoms with van der Waals surface area (Å²) < 4.78 is 0. The van der Waals surface area contributed by atoms with E-state index in [1.807, 2.05) is 45.7 Å². The lowest BCUT2D eigenvalue weighted by atomic mass is 10.0. The average Bonchev–Trinajstić information content (AvgIpc) is 3.22. The summed E-state index contributed by atoms with van der Waals surface area (Å²) in [6, 6.07) is 3.94. The summed E-state index contributed by atoms with van der Waals surface area (Å²) in [5.74, 6) is 0.0289. The number of nitrogens with one attached hydrogen (secondary N) is 1. The van der Waals surface area contributed by atoms with Gasteiger partial charge in [0.15, 0.2) is 0 Å². The second kappa shape index (κ2) is 7.01. The van der Waals surface area contributed by atoms with Crippen LogP contribution >= 0.6 is 0 Å². The smallest absolute Gasteiger partial charge is 0.270 e. The predicted molar refractivity (Wildman–Crippen MR) is 96.9 cm³/mol. The summed E-state index contributed by atoms with van der Waals surface area (Å²) in [6.07, 6.45) is 9.82. The molecule has 2 aromatic rings. The molecule has 3 rings (SSSR count). The quantitative estimate of drug-likeness (QED) is 0.889. The molecule has 0 atom stereocenters. The Kier molecular flexibility index (Phi) is 4.81. The van der Waals surface area contributed by atoms with Gasteiger partial charge in [0.05, 0.1) is 5.69 Å². The number of carbonyl (C=O) groups excluding carboxylic acids is 1. The average molecular weight is 324 g/mol. The van der Waals surface area contributed by atoms with Gasteiger partial charge in [-0.3, -0.25) is 9.78 Å². The maximum atomic E-state index is 12.6. The first-order chi connectivity index (χ1) is 11.6. The minimum absolute atomic E-state index is 0.0289. The van der Waals surface area contributed by atoms with Crippen LogP contribution in [0, 0.1) is 0 Å². The molecule has 0 spiro atoms. The van der Waals surface area contributed by atoms with E-state index in [4.69, 9.17) is 0 Å². The highest BCUT2D eigenvalue weighted by Crippen LogP contribution is 2.30. The number of hydrogen-bond acceptors (Lipinski definition) is 3. The van der Waals surface area contributed by atoms with Crippen LogP contribution in [0.15, 0.2) is 30.6 Å². The Bertz CT molecular complexity index is 760. The zero-order valence-corrected chi connectivity index (χ0v) is 14.5. The minimum Gasteiger partial charge on any atom is -0.357 e. The van der Waals surface area contributed by atoms with Crippen molar-refractivity contribution < 1.29 is 4.79 Å². The summed E-state index contributed by atoms with van der Waals surface area (Å²) in [7, 11) is 5.94. The zero-order valence-electron chi connectivity index (χ0n) is 14.5. The van der Waals surface area contributed by atoms with Gasteiger partial charge in [0.2, 0.25) is 0 Å². The molecule has 24 heavy (non-hydrogen) atoms. The van der Waals surface area contributed by atoms with Gasteiger partial charge in [-0.25, -0.2) is 0 Å². The Morgan fingerprint density at radius 1 is 1.29 bits per heavy atom. The third kappa shape index (κ3) is 3.41. The number of amides is 1. The van der Waals surface area contributed by atoms with Crippen molar-refractivity contribution in [2.45, 2.75) is 12.8 Å². The Morgan fingerprint density at radius 2 is 2.12 bits per heavy atom. The van der Waals surface area contributed by atoms with Crippen LogP contribution in [0.4, 0.5) is 0 Å². The lowest BCUT2D eigenvalue weighted by molar-refractivity contribution is 0.0785. The number of aromatic nitrogens is 2. The fourth-order valence-electron chi connectivity index (χ4n) is 3.01. The molecule has 0 bridgehead atoms. The van der Waals surface area contributed by atoms with E-state index in [1.165, 1.54) is 0 Å². The van der Waals surface area contributed by atoms with Crippen molar-refractivity contribution in [1.82, 2.24) is 19.8 Å². The Balaban J connectivity index is 1.73. The minimum atomic E-state index is 0.0289. The summed E-state index contributed by atoms with van der Waals surface area (Å²) in [5, 5.41) is 0. The normalized spacial score (nSPS) is 12.7. The molecule has 0 fully saturated rings. The van der Waals surface area contributed by atoms with E-state index in [9.17, 15) is 4.79 Å². The SMILES string of the molecule is CN(C)CCCN(C)C(=O)c1cc(-c2ccnc3c2C=CC3)c[nH]1. The highest BCUT2D eigenvalue weighted by Gasteiger charge is 2.17. The molecule has 2 heterocycles. The molecule has 1 aliphatic carbocycles. The molecule has 0 unspecified atom stereocenters. The van der Waals surface area contributed by atoms with E-state index in [0.717, 1.165) is 48.3 Å². The third-order valence-electron chi connectivity index (χ3n) is 4.34. The highest BCUT2D eigenvalue weighted by molar-refractivity contribution is 5.94. The van der Waals surface area contributed by atoms with Crippen molar-refractivity contribution in [2.24, 2.45) is 0 Å².